The zero-order chi connectivity index (χ0) is 17.8. The number of aromatic nitrogens is 3. The molecule has 0 saturated heterocycles. The summed E-state index contributed by atoms with van der Waals surface area (Å²) in [6.07, 6.45) is -0.347. The average Bonchev–Trinajstić information content (AvgIpc) is 3.08. The van der Waals surface area contributed by atoms with Crippen LogP contribution >= 0.6 is 0 Å². The molecule has 0 amide bonds. The molecule has 0 unspecified atom stereocenters. The van der Waals surface area contributed by atoms with E-state index in [9.17, 15) is 8.78 Å². The van der Waals surface area contributed by atoms with Gasteiger partial charge in [-0.25, -0.2) is 18.4 Å². The molecule has 5 nitrogen and oxygen atoms in total. The van der Waals surface area contributed by atoms with Gasteiger partial charge in [-0.1, -0.05) is 24.3 Å². The monoisotopic (exact) mass is 344 g/mol. The molecule has 0 bridgehead atoms. The fourth-order valence-electron chi connectivity index (χ4n) is 2.54. The number of pyridine rings is 1. The van der Waals surface area contributed by atoms with Crippen molar-refractivity contribution in [2.24, 2.45) is 5.73 Å². The lowest BCUT2D eigenvalue weighted by Gasteiger charge is -2.08. The summed E-state index contributed by atoms with van der Waals surface area (Å²) >= 11 is 0. The lowest BCUT2D eigenvalue weighted by molar-refractivity contribution is 0.145. The Hall–Kier alpha value is -2.80. The highest BCUT2D eigenvalue weighted by atomic mass is 19.3. The van der Waals surface area contributed by atoms with Crippen molar-refractivity contribution in [2.45, 2.75) is 12.8 Å². The van der Waals surface area contributed by atoms with Crippen LogP contribution < -0.4 is 10.5 Å². The molecule has 1 aromatic carbocycles. The van der Waals surface area contributed by atoms with Crippen LogP contribution in [0.15, 0.2) is 48.7 Å². The van der Waals surface area contributed by atoms with Crippen LogP contribution in [0.1, 0.15) is 17.7 Å². The Kier molecular flexibility index (Phi) is 5.04. The van der Waals surface area contributed by atoms with Gasteiger partial charge in [0.15, 0.2) is 0 Å². The maximum absolute atomic E-state index is 13.1. The number of alkyl halides is 2. The van der Waals surface area contributed by atoms with Gasteiger partial charge in [0, 0.05) is 11.6 Å². The second kappa shape index (κ2) is 7.40. The predicted octanol–water partition coefficient (Wildman–Crippen LogP) is 3.38. The van der Waals surface area contributed by atoms with E-state index in [1.165, 1.54) is 24.1 Å². The third-order valence-corrected chi connectivity index (χ3v) is 3.81. The zero-order valence-corrected chi connectivity index (χ0v) is 13.7. The second-order valence-corrected chi connectivity index (χ2v) is 5.46. The first-order valence-electron chi connectivity index (χ1n) is 7.80. The molecular weight excluding hydrogens is 326 g/mol. The van der Waals surface area contributed by atoms with Gasteiger partial charge in [-0.2, -0.15) is 5.10 Å². The van der Waals surface area contributed by atoms with E-state index in [1.54, 1.807) is 12.1 Å². The molecule has 0 atom stereocenters. The van der Waals surface area contributed by atoms with E-state index in [1.807, 2.05) is 24.3 Å². The molecule has 3 aromatic rings. The van der Waals surface area contributed by atoms with Crippen LogP contribution in [0.2, 0.25) is 0 Å². The zero-order valence-electron chi connectivity index (χ0n) is 13.7. The van der Waals surface area contributed by atoms with Crippen LogP contribution in [0.25, 0.3) is 16.9 Å². The normalized spacial score (nSPS) is 11.1. The van der Waals surface area contributed by atoms with Crippen LogP contribution in [-0.4, -0.2) is 28.4 Å². The molecule has 7 heteroatoms. The third-order valence-electron chi connectivity index (χ3n) is 3.81. The lowest BCUT2D eigenvalue weighted by atomic mass is 10.1. The van der Waals surface area contributed by atoms with Crippen LogP contribution in [0.3, 0.4) is 0 Å². The summed E-state index contributed by atoms with van der Waals surface area (Å²) in [7, 11) is 1.51. The largest absolute Gasteiger partial charge is 0.481 e. The number of methoxy groups -OCH3 is 1. The Morgan fingerprint density at radius 3 is 2.48 bits per heavy atom. The lowest BCUT2D eigenvalue weighted by Crippen LogP contribution is -2.03. The average molecular weight is 344 g/mol. The number of nitrogens with zero attached hydrogens (tertiary/aromatic N) is 3. The van der Waals surface area contributed by atoms with Crippen molar-refractivity contribution in [1.82, 2.24) is 14.8 Å². The summed E-state index contributed by atoms with van der Waals surface area (Å²) in [6, 6.07) is 12.4. The Bertz CT molecular complexity index is 829. The summed E-state index contributed by atoms with van der Waals surface area (Å²) in [5, 5.41) is 4.04. The fourth-order valence-corrected chi connectivity index (χ4v) is 2.54. The molecule has 0 fully saturated rings. The maximum atomic E-state index is 13.1. The molecule has 0 radical (unpaired) electrons. The maximum Gasteiger partial charge on any atom is 0.282 e. The quantitative estimate of drug-likeness (QED) is 0.744. The molecular formula is C18H18F2N4O. The Balaban J connectivity index is 2.04. The molecule has 0 aliphatic rings. The minimum atomic E-state index is -2.65. The van der Waals surface area contributed by atoms with Gasteiger partial charge in [0.25, 0.3) is 6.43 Å². The molecule has 3 rings (SSSR count). The molecule has 0 saturated carbocycles. The molecule has 2 N–H and O–H groups in total. The molecule has 130 valence electrons. The summed E-state index contributed by atoms with van der Waals surface area (Å²) in [5.74, 6) is 0.442. The number of halogens is 2. The highest BCUT2D eigenvalue weighted by Crippen LogP contribution is 2.28. The van der Waals surface area contributed by atoms with E-state index >= 15 is 0 Å². The minimum absolute atomic E-state index is 0.281. The Morgan fingerprint density at radius 2 is 1.92 bits per heavy atom. The third kappa shape index (κ3) is 3.66. The van der Waals surface area contributed by atoms with E-state index < -0.39 is 6.43 Å². The summed E-state index contributed by atoms with van der Waals surface area (Å²) in [5.41, 5.74) is 8.31. The van der Waals surface area contributed by atoms with Gasteiger partial charge in [-0.05, 0) is 30.7 Å². The van der Waals surface area contributed by atoms with E-state index in [0.717, 1.165) is 17.5 Å². The van der Waals surface area contributed by atoms with Crippen molar-refractivity contribution in [2.75, 3.05) is 13.7 Å². The summed E-state index contributed by atoms with van der Waals surface area (Å²) in [4.78, 5) is 4.12. The number of hydrogen-bond donors (Lipinski definition) is 1. The highest BCUT2D eigenvalue weighted by Gasteiger charge is 2.18. The van der Waals surface area contributed by atoms with Crippen molar-refractivity contribution in [3.63, 3.8) is 0 Å². The first-order chi connectivity index (χ1) is 12.1. The smallest absolute Gasteiger partial charge is 0.282 e. The SMILES string of the molecule is COc1ccc(-n2nc(C(F)F)cc2-c2ccc(CCN)cc2)cn1. The topological polar surface area (TPSA) is 66.0 Å². The van der Waals surface area contributed by atoms with Crippen molar-refractivity contribution < 1.29 is 13.5 Å². The Morgan fingerprint density at radius 1 is 1.16 bits per heavy atom. The molecule has 25 heavy (non-hydrogen) atoms. The fraction of sp³-hybridized carbons (Fsp3) is 0.222. The van der Waals surface area contributed by atoms with E-state index in [2.05, 4.69) is 10.1 Å². The van der Waals surface area contributed by atoms with Crippen molar-refractivity contribution >= 4 is 0 Å². The number of nitrogens with two attached hydrogens (primary N) is 1. The van der Waals surface area contributed by atoms with Crippen LogP contribution in [0.4, 0.5) is 8.78 Å². The number of rotatable bonds is 6. The van der Waals surface area contributed by atoms with E-state index in [4.69, 9.17) is 10.5 Å². The van der Waals surface area contributed by atoms with Crippen LogP contribution in [0.5, 0.6) is 5.88 Å². The van der Waals surface area contributed by atoms with Gasteiger partial charge in [0.1, 0.15) is 5.69 Å². The standard InChI is InChI=1S/C18H18F2N4O/c1-25-17-7-6-14(11-22-17)24-16(10-15(23-24)18(19)20)13-4-2-12(3-5-13)8-9-21/h2-7,10-11,18H,8-9,21H2,1H3. The van der Waals surface area contributed by atoms with Gasteiger partial charge in [0.05, 0.1) is 24.7 Å². The molecule has 2 aromatic heterocycles. The van der Waals surface area contributed by atoms with Crippen LogP contribution in [0, 0.1) is 0 Å². The van der Waals surface area contributed by atoms with Gasteiger partial charge in [-0.15, -0.1) is 0 Å². The highest BCUT2D eigenvalue weighted by molar-refractivity contribution is 5.63. The van der Waals surface area contributed by atoms with Crippen molar-refractivity contribution in [1.29, 1.82) is 0 Å². The molecule has 0 aliphatic carbocycles. The molecule has 0 spiro atoms. The van der Waals surface area contributed by atoms with Gasteiger partial charge >= 0.3 is 0 Å². The summed E-state index contributed by atoms with van der Waals surface area (Å²) in [6.45, 7) is 0.560. The number of benzene rings is 1. The summed E-state index contributed by atoms with van der Waals surface area (Å²) < 4.78 is 32.8. The van der Waals surface area contributed by atoms with E-state index in [-0.39, 0.29) is 5.69 Å². The first kappa shape index (κ1) is 17.0. The van der Waals surface area contributed by atoms with Crippen molar-refractivity contribution in [3.8, 4) is 22.8 Å². The van der Waals surface area contributed by atoms with Crippen LogP contribution in [-0.2, 0) is 6.42 Å². The molecule has 2 heterocycles. The van der Waals surface area contributed by atoms with Gasteiger partial charge < -0.3 is 10.5 Å². The Labute approximate surface area is 144 Å². The number of ether oxygens (including phenoxy) is 1. The number of hydrogen-bond acceptors (Lipinski definition) is 4. The molecule has 0 aliphatic heterocycles. The van der Waals surface area contributed by atoms with Crippen molar-refractivity contribution in [3.05, 3.63) is 59.9 Å². The second-order valence-electron chi connectivity index (χ2n) is 5.46. The van der Waals surface area contributed by atoms with Gasteiger partial charge in [-0.3, -0.25) is 0 Å². The van der Waals surface area contributed by atoms with E-state index in [0.29, 0.717) is 23.8 Å². The first-order valence-corrected chi connectivity index (χ1v) is 7.80. The van der Waals surface area contributed by atoms with Gasteiger partial charge in [0.2, 0.25) is 5.88 Å². The predicted molar refractivity (Wildman–Crippen MR) is 91.1 cm³/mol. The minimum Gasteiger partial charge on any atom is -0.481 e.